The summed E-state index contributed by atoms with van der Waals surface area (Å²) in [5, 5.41) is 12.4. The normalized spacial score (nSPS) is 10.9. The number of anilines is 1. The van der Waals surface area contributed by atoms with Gasteiger partial charge in [0.2, 0.25) is 0 Å². The van der Waals surface area contributed by atoms with Crippen LogP contribution in [0, 0.1) is 18.3 Å². The van der Waals surface area contributed by atoms with Crippen molar-refractivity contribution < 1.29 is 19.1 Å². The molecule has 35 heavy (non-hydrogen) atoms. The summed E-state index contributed by atoms with van der Waals surface area (Å²) in [5.74, 6) is -0.624. The molecule has 3 aromatic carbocycles. The number of nitriles is 1. The van der Waals surface area contributed by atoms with E-state index in [0.29, 0.717) is 42.6 Å². The maximum atomic E-state index is 12.8. The van der Waals surface area contributed by atoms with Crippen LogP contribution in [-0.2, 0) is 4.79 Å². The summed E-state index contributed by atoms with van der Waals surface area (Å²) in [6, 6.07) is 17.5. The van der Waals surface area contributed by atoms with Gasteiger partial charge in [0.15, 0.2) is 11.5 Å². The van der Waals surface area contributed by atoms with E-state index in [1.54, 1.807) is 49.4 Å². The Morgan fingerprint density at radius 3 is 2.29 bits per heavy atom. The van der Waals surface area contributed by atoms with Crippen LogP contribution in [0.15, 0.2) is 73.6 Å². The molecule has 0 atom stereocenters. The van der Waals surface area contributed by atoms with Gasteiger partial charge in [-0.05, 0) is 115 Å². The zero-order valence-corrected chi connectivity index (χ0v) is 23.5. The first-order chi connectivity index (χ1) is 16.7. The third kappa shape index (κ3) is 6.82. The van der Waals surface area contributed by atoms with E-state index < -0.39 is 11.9 Å². The molecule has 0 unspecified atom stereocenters. The molecule has 3 rings (SSSR count). The first-order valence-electron chi connectivity index (χ1n) is 10.4. The Bertz CT molecular complexity index is 1330. The molecule has 0 radical (unpaired) electrons. The first-order valence-corrected chi connectivity index (χ1v) is 12.7. The maximum Gasteiger partial charge on any atom is 0.343 e. The quantitative estimate of drug-likeness (QED) is 0.123. The third-order valence-corrected chi connectivity index (χ3v) is 6.48. The van der Waals surface area contributed by atoms with Crippen molar-refractivity contribution in [2.45, 2.75) is 13.8 Å². The fourth-order valence-electron chi connectivity index (χ4n) is 3.07. The van der Waals surface area contributed by atoms with Gasteiger partial charge in [-0.3, -0.25) is 4.79 Å². The molecule has 0 aromatic heterocycles. The van der Waals surface area contributed by atoms with Crippen LogP contribution in [0.3, 0.4) is 0 Å². The van der Waals surface area contributed by atoms with Crippen LogP contribution in [0.25, 0.3) is 6.08 Å². The molecule has 3 aromatic rings. The topological polar surface area (TPSA) is 88.4 Å². The highest BCUT2D eigenvalue weighted by Gasteiger charge is 2.19. The molecule has 0 aliphatic carbocycles. The molecule has 1 N–H and O–H groups in total. The van der Waals surface area contributed by atoms with Gasteiger partial charge in [0, 0.05) is 8.95 Å². The fourth-order valence-corrected chi connectivity index (χ4v) is 5.23. The smallest absolute Gasteiger partial charge is 0.343 e. The van der Waals surface area contributed by atoms with Crippen LogP contribution >= 0.6 is 47.8 Å². The molecule has 178 valence electrons. The molecule has 0 saturated heterocycles. The minimum absolute atomic E-state index is 0.118. The monoisotopic (exact) mass is 660 g/mol. The molecule has 0 heterocycles. The van der Waals surface area contributed by atoms with E-state index >= 15 is 0 Å². The number of rotatable bonds is 7. The number of hydrogen-bond acceptors (Lipinski definition) is 5. The van der Waals surface area contributed by atoms with E-state index in [4.69, 9.17) is 9.47 Å². The van der Waals surface area contributed by atoms with Gasteiger partial charge >= 0.3 is 5.97 Å². The highest BCUT2D eigenvalue weighted by molar-refractivity contribution is 9.11. The zero-order valence-electron chi connectivity index (χ0n) is 18.7. The van der Waals surface area contributed by atoms with Gasteiger partial charge in [-0.2, -0.15) is 5.26 Å². The number of aryl methyl sites for hydroxylation is 1. The molecule has 0 aliphatic rings. The molecule has 0 aliphatic heterocycles. The van der Waals surface area contributed by atoms with Crippen molar-refractivity contribution in [3.63, 3.8) is 0 Å². The van der Waals surface area contributed by atoms with Gasteiger partial charge in [-0.1, -0.05) is 18.2 Å². The third-order valence-electron chi connectivity index (χ3n) is 4.64. The van der Waals surface area contributed by atoms with Crippen molar-refractivity contribution in [3.8, 4) is 17.6 Å². The number of nitrogens with zero attached hydrogens (tertiary/aromatic N) is 1. The summed E-state index contributed by atoms with van der Waals surface area (Å²) in [6.45, 7) is 4.04. The second-order valence-corrected chi connectivity index (χ2v) is 9.81. The average Bonchev–Trinajstić information content (AvgIpc) is 2.82. The minimum atomic E-state index is -0.577. The number of esters is 1. The van der Waals surface area contributed by atoms with Crippen molar-refractivity contribution in [2.75, 3.05) is 11.9 Å². The summed E-state index contributed by atoms with van der Waals surface area (Å²) >= 11 is 10.3. The highest BCUT2D eigenvalue weighted by Crippen LogP contribution is 2.38. The number of hydrogen-bond donors (Lipinski definition) is 1. The second-order valence-electron chi connectivity index (χ2n) is 7.25. The van der Waals surface area contributed by atoms with Crippen LogP contribution in [0.4, 0.5) is 5.69 Å². The largest absolute Gasteiger partial charge is 0.490 e. The number of nitrogens with one attached hydrogen (secondary N) is 1. The Morgan fingerprint density at radius 1 is 1.03 bits per heavy atom. The van der Waals surface area contributed by atoms with Gasteiger partial charge in [0.25, 0.3) is 5.91 Å². The number of carbonyl (C=O) groups is 2. The van der Waals surface area contributed by atoms with Crippen LogP contribution in [0.5, 0.6) is 11.5 Å². The van der Waals surface area contributed by atoms with Crippen molar-refractivity contribution >= 4 is 71.4 Å². The van der Waals surface area contributed by atoms with Crippen molar-refractivity contribution in [1.82, 2.24) is 0 Å². The summed E-state index contributed by atoms with van der Waals surface area (Å²) in [7, 11) is 0. The Morgan fingerprint density at radius 2 is 1.69 bits per heavy atom. The number of carbonyl (C=O) groups excluding carboxylic acids is 2. The lowest BCUT2D eigenvalue weighted by atomic mass is 10.1. The van der Waals surface area contributed by atoms with Gasteiger partial charge in [-0.25, -0.2) is 4.79 Å². The molecule has 0 saturated carbocycles. The summed E-state index contributed by atoms with van der Waals surface area (Å²) in [5.41, 5.74) is 2.30. The number of halogens is 3. The highest BCUT2D eigenvalue weighted by atomic mass is 79.9. The minimum Gasteiger partial charge on any atom is -0.490 e. The molecular weight excluding hydrogens is 644 g/mol. The van der Waals surface area contributed by atoms with Crippen molar-refractivity contribution in [1.29, 1.82) is 5.26 Å². The van der Waals surface area contributed by atoms with E-state index in [2.05, 4.69) is 53.1 Å². The molecule has 0 spiro atoms. The Kier molecular flexibility index (Phi) is 9.26. The van der Waals surface area contributed by atoms with Crippen LogP contribution in [-0.4, -0.2) is 18.5 Å². The fraction of sp³-hybridized carbons (Fsp3) is 0.115. The maximum absolute atomic E-state index is 12.8. The molecule has 6 nitrogen and oxygen atoms in total. The van der Waals surface area contributed by atoms with Gasteiger partial charge in [-0.15, -0.1) is 0 Å². The van der Waals surface area contributed by atoms with Gasteiger partial charge in [0.1, 0.15) is 11.6 Å². The van der Waals surface area contributed by atoms with Crippen molar-refractivity contribution in [2.24, 2.45) is 0 Å². The first kappa shape index (κ1) is 26.7. The average molecular weight is 663 g/mol. The Labute approximate surface area is 228 Å². The van der Waals surface area contributed by atoms with Crippen molar-refractivity contribution in [3.05, 3.63) is 90.3 Å². The number of amides is 1. The standard InChI is InChI=1S/C26H19Br3N2O4/c1-3-34-22-13-16(12-21(29)24(22)35-26(33)17-7-5-4-6-8-17)11-18(14-30)25(32)31-23-19(27)9-15(2)10-20(23)28/h4-13H,3H2,1-2H3,(H,31,32)/b18-11+. The van der Waals surface area contributed by atoms with E-state index in [1.165, 1.54) is 6.08 Å². The van der Waals surface area contributed by atoms with Gasteiger partial charge in [0.05, 0.1) is 22.3 Å². The molecule has 0 bridgehead atoms. The van der Waals surface area contributed by atoms with Crippen LogP contribution in [0.1, 0.15) is 28.4 Å². The second kappa shape index (κ2) is 12.2. The molecule has 1 amide bonds. The van der Waals surface area contributed by atoms with Crippen LogP contribution < -0.4 is 14.8 Å². The van der Waals surface area contributed by atoms with Gasteiger partial charge < -0.3 is 14.8 Å². The SMILES string of the molecule is CCOc1cc(/C=C(\C#N)C(=O)Nc2c(Br)cc(C)cc2Br)cc(Br)c1OC(=O)c1ccccc1. The summed E-state index contributed by atoms with van der Waals surface area (Å²) < 4.78 is 13.0. The Hall–Kier alpha value is -2.93. The van der Waals surface area contributed by atoms with Crippen LogP contribution in [0.2, 0.25) is 0 Å². The van der Waals surface area contributed by atoms with E-state index in [9.17, 15) is 14.9 Å². The molecular formula is C26H19Br3N2O4. The zero-order chi connectivity index (χ0) is 25.5. The molecule has 0 fully saturated rings. The number of ether oxygens (including phenoxy) is 2. The van der Waals surface area contributed by atoms with E-state index in [-0.39, 0.29) is 11.3 Å². The predicted octanol–water partition coefficient (Wildman–Crippen LogP) is 7.45. The molecule has 9 heteroatoms. The lowest BCUT2D eigenvalue weighted by Crippen LogP contribution is -2.14. The van der Waals surface area contributed by atoms with E-state index in [1.807, 2.05) is 25.1 Å². The number of benzene rings is 3. The summed E-state index contributed by atoms with van der Waals surface area (Å²) in [4.78, 5) is 25.4. The predicted molar refractivity (Wildman–Crippen MR) is 146 cm³/mol. The lowest BCUT2D eigenvalue weighted by molar-refractivity contribution is -0.112. The lowest BCUT2D eigenvalue weighted by Gasteiger charge is -2.14. The summed E-state index contributed by atoms with van der Waals surface area (Å²) in [6.07, 6.45) is 1.43. The Balaban J connectivity index is 1.92. The van der Waals surface area contributed by atoms with E-state index in [0.717, 1.165) is 5.56 Å².